The number of rotatable bonds is 9. The molecule has 3 nitrogen and oxygen atoms in total. The van der Waals surface area contributed by atoms with Crippen LogP contribution >= 0.6 is 23.4 Å². The Morgan fingerprint density at radius 3 is 2.64 bits per heavy atom. The van der Waals surface area contributed by atoms with E-state index in [4.69, 9.17) is 16.3 Å². The van der Waals surface area contributed by atoms with Crippen molar-refractivity contribution < 1.29 is 9.53 Å². The summed E-state index contributed by atoms with van der Waals surface area (Å²) in [4.78, 5) is 12.5. The van der Waals surface area contributed by atoms with Crippen LogP contribution in [0.3, 0.4) is 0 Å². The van der Waals surface area contributed by atoms with Gasteiger partial charge in [-0.05, 0) is 29.5 Å². The van der Waals surface area contributed by atoms with E-state index in [1.54, 1.807) is 11.8 Å². The van der Waals surface area contributed by atoms with E-state index in [9.17, 15) is 4.79 Å². The number of hydrogen-bond donors (Lipinski definition) is 1. The second-order valence-electron chi connectivity index (χ2n) is 6.43. The number of fused-ring (bicyclic) bond motifs is 1. The fourth-order valence-electron chi connectivity index (χ4n) is 2.93. The van der Waals surface area contributed by atoms with Gasteiger partial charge in [0.2, 0.25) is 0 Å². The summed E-state index contributed by atoms with van der Waals surface area (Å²) in [6, 6.07) is 21.8. The lowest BCUT2D eigenvalue weighted by Crippen LogP contribution is -2.39. The van der Waals surface area contributed by atoms with Gasteiger partial charge in [0.25, 0.3) is 5.91 Å². The van der Waals surface area contributed by atoms with Gasteiger partial charge < -0.3 is 10.1 Å². The summed E-state index contributed by atoms with van der Waals surface area (Å²) < 4.78 is 6.04. The van der Waals surface area contributed by atoms with Gasteiger partial charge >= 0.3 is 0 Å². The zero-order valence-corrected chi connectivity index (χ0v) is 17.4. The molecule has 0 fully saturated rings. The van der Waals surface area contributed by atoms with Crippen molar-refractivity contribution in [3.63, 3.8) is 0 Å². The largest absolute Gasteiger partial charge is 0.480 e. The number of halogens is 1. The molecule has 5 heteroatoms. The molecule has 3 aromatic carbocycles. The van der Waals surface area contributed by atoms with Crippen LogP contribution in [-0.4, -0.2) is 24.3 Å². The monoisotopic (exact) mass is 413 g/mol. The Bertz CT molecular complexity index is 926. The molecule has 1 amide bonds. The van der Waals surface area contributed by atoms with Crippen LogP contribution in [-0.2, 0) is 10.5 Å². The molecule has 0 aliphatic rings. The Labute approximate surface area is 175 Å². The Hall–Kier alpha value is -2.17. The van der Waals surface area contributed by atoms with Crippen LogP contribution in [0.15, 0.2) is 66.7 Å². The lowest BCUT2D eigenvalue weighted by molar-refractivity contribution is -0.127. The van der Waals surface area contributed by atoms with E-state index in [1.165, 1.54) is 0 Å². The molecule has 0 aliphatic carbocycles. The first kappa shape index (κ1) is 20.6. The van der Waals surface area contributed by atoms with E-state index in [0.29, 0.717) is 13.0 Å². The molecule has 0 bridgehead atoms. The predicted molar refractivity (Wildman–Crippen MR) is 119 cm³/mol. The molecular formula is C23H24ClNO2S. The highest BCUT2D eigenvalue weighted by Crippen LogP contribution is 2.26. The van der Waals surface area contributed by atoms with Crippen LogP contribution in [0.1, 0.15) is 18.9 Å². The summed E-state index contributed by atoms with van der Waals surface area (Å²) in [6.07, 6.45) is 0.112. The number of hydrogen-bond acceptors (Lipinski definition) is 3. The SMILES string of the molecule is CC[C@@H](Oc1cccc2ccccc12)C(=O)NCCSCc1ccccc1Cl. The third-order valence-corrected chi connectivity index (χ3v) is 5.82. The van der Waals surface area contributed by atoms with Crippen molar-refractivity contribution in [2.45, 2.75) is 25.2 Å². The fourth-order valence-corrected chi connectivity index (χ4v) is 4.08. The number of benzene rings is 3. The summed E-state index contributed by atoms with van der Waals surface area (Å²) in [7, 11) is 0. The average Bonchev–Trinajstić information content (AvgIpc) is 2.73. The van der Waals surface area contributed by atoms with Gasteiger partial charge in [-0.2, -0.15) is 11.8 Å². The van der Waals surface area contributed by atoms with Crippen LogP contribution in [0.5, 0.6) is 5.75 Å². The fraction of sp³-hybridized carbons (Fsp3) is 0.261. The van der Waals surface area contributed by atoms with Gasteiger partial charge in [-0.15, -0.1) is 0 Å². The van der Waals surface area contributed by atoms with Gasteiger partial charge in [0.15, 0.2) is 6.10 Å². The Morgan fingerprint density at radius 2 is 1.82 bits per heavy atom. The normalized spacial score (nSPS) is 11.9. The molecule has 3 rings (SSSR count). The third-order valence-electron chi connectivity index (χ3n) is 4.44. The molecule has 0 saturated carbocycles. The summed E-state index contributed by atoms with van der Waals surface area (Å²) in [6.45, 7) is 2.56. The van der Waals surface area contributed by atoms with Crippen LogP contribution in [0.2, 0.25) is 5.02 Å². The zero-order valence-electron chi connectivity index (χ0n) is 15.9. The van der Waals surface area contributed by atoms with Gasteiger partial charge in [-0.25, -0.2) is 0 Å². The Kier molecular flexibility index (Phi) is 7.63. The number of amides is 1. The quantitative estimate of drug-likeness (QED) is 0.457. The summed E-state index contributed by atoms with van der Waals surface area (Å²) in [5.74, 6) is 2.32. The molecule has 146 valence electrons. The van der Waals surface area contributed by atoms with Gasteiger partial charge in [0, 0.05) is 28.5 Å². The minimum absolute atomic E-state index is 0.0752. The van der Waals surface area contributed by atoms with Crippen molar-refractivity contribution in [1.82, 2.24) is 5.32 Å². The van der Waals surface area contributed by atoms with Gasteiger partial charge in [-0.1, -0.05) is 73.1 Å². The van der Waals surface area contributed by atoms with E-state index >= 15 is 0 Å². The van der Waals surface area contributed by atoms with E-state index in [2.05, 4.69) is 5.32 Å². The smallest absolute Gasteiger partial charge is 0.261 e. The number of carbonyl (C=O) groups excluding carboxylic acids is 1. The molecule has 28 heavy (non-hydrogen) atoms. The Balaban J connectivity index is 1.49. The van der Waals surface area contributed by atoms with Crippen molar-refractivity contribution >= 4 is 40.0 Å². The number of thioether (sulfide) groups is 1. The lowest BCUT2D eigenvalue weighted by atomic mass is 10.1. The summed E-state index contributed by atoms with van der Waals surface area (Å²) in [5, 5.41) is 5.89. The van der Waals surface area contributed by atoms with E-state index < -0.39 is 6.10 Å². The molecule has 0 saturated heterocycles. The number of nitrogens with one attached hydrogen (secondary N) is 1. The second kappa shape index (κ2) is 10.4. The maximum atomic E-state index is 12.5. The number of carbonyl (C=O) groups is 1. The molecule has 1 atom stereocenters. The standard InChI is InChI=1S/C23H24ClNO2S/c1-2-21(27-22-13-7-10-17-8-3-5-11-19(17)22)23(26)25-14-15-28-16-18-9-4-6-12-20(18)24/h3-13,21H,2,14-16H2,1H3,(H,25,26)/t21-/m1/s1. The highest BCUT2D eigenvalue weighted by molar-refractivity contribution is 7.98. The number of ether oxygens (including phenoxy) is 1. The Morgan fingerprint density at radius 1 is 1.07 bits per heavy atom. The first-order valence-electron chi connectivity index (χ1n) is 9.42. The van der Waals surface area contributed by atoms with Crippen molar-refractivity contribution in [2.75, 3.05) is 12.3 Å². The molecule has 0 radical (unpaired) electrons. The molecule has 0 aliphatic heterocycles. The highest BCUT2D eigenvalue weighted by atomic mass is 35.5. The minimum Gasteiger partial charge on any atom is -0.480 e. The predicted octanol–water partition coefficient (Wildman–Crippen LogP) is 5.70. The van der Waals surface area contributed by atoms with Gasteiger partial charge in [0.1, 0.15) is 5.75 Å². The van der Waals surface area contributed by atoms with Crippen LogP contribution in [0, 0.1) is 0 Å². The molecule has 0 unspecified atom stereocenters. The third kappa shape index (κ3) is 5.43. The van der Waals surface area contributed by atoms with Gasteiger partial charge in [-0.3, -0.25) is 4.79 Å². The van der Waals surface area contributed by atoms with E-state index in [1.807, 2.05) is 73.7 Å². The highest BCUT2D eigenvalue weighted by Gasteiger charge is 2.18. The van der Waals surface area contributed by atoms with Crippen molar-refractivity contribution in [1.29, 1.82) is 0 Å². The van der Waals surface area contributed by atoms with E-state index in [-0.39, 0.29) is 5.91 Å². The zero-order chi connectivity index (χ0) is 19.8. The molecule has 3 aromatic rings. The first-order chi connectivity index (χ1) is 13.7. The van der Waals surface area contributed by atoms with Crippen molar-refractivity contribution in [3.05, 3.63) is 77.3 Å². The molecule has 0 heterocycles. The minimum atomic E-state index is -0.501. The molecule has 1 N–H and O–H groups in total. The van der Waals surface area contributed by atoms with Crippen molar-refractivity contribution in [3.8, 4) is 5.75 Å². The maximum Gasteiger partial charge on any atom is 0.261 e. The van der Waals surface area contributed by atoms with Gasteiger partial charge in [0.05, 0.1) is 0 Å². The molecular weight excluding hydrogens is 390 g/mol. The van der Waals surface area contributed by atoms with Crippen LogP contribution in [0.25, 0.3) is 10.8 Å². The molecule has 0 aromatic heterocycles. The molecule has 0 spiro atoms. The summed E-state index contributed by atoms with van der Waals surface area (Å²) in [5.41, 5.74) is 1.12. The maximum absolute atomic E-state index is 12.5. The lowest BCUT2D eigenvalue weighted by Gasteiger charge is -2.18. The van der Waals surface area contributed by atoms with Crippen LogP contribution < -0.4 is 10.1 Å². The van der Waals surface area contributed by atoms with Crippen molar-refractivity contribution in [2.24, 2.45) is 0 Å². The second-order valence-corrected chi connectivity index (χ2v) is 7.94. The summed E-state index contributed by atoms with van der Waals surface area (Å²) >= 11 is 7.91. The topological polar surface area (TPSA) is 38.3 Å². The van der Waals surface area contributed by atoms with Crippen LogP contribution in [0.4, 0.5) is 0 Å². The van der Waals surface area contributed by atoms with E-state index in [0.717, 1.165) is 38.6 Å². The average molecular weight is 414 g/mol. The first-order valence-corrected chi connectivity index (χ1v) is 11.0.